The van der Waals surface area contributed by atoms with Crippen LogP contribution in [0.1, 0.15) is 9.74 Å². The molecule has 0 amide bonds. The van der Waals surface area contributed by atoms with Gasteiger partial charge in [0.05, 0.1) is 0 Å². The summed E-state index contributed by atoms with van der Waals surface area (Å²) in [5.74, 6) is -7.22. The van der Waals surface area contributed by atoms with Gasteiger partial charge in [0.1, 0.15) is 0 Å². The van der Waals surface area contributed by atoms with Gasteiger partial charge < -0.3 is 0 Å². The van der Waals surface area contributed by atoms with Gasteiger partial charge in [-0.3, -0.25) is 0 Å². The quantitative estimate of drug-likeness (QED) is 0.244. The maximum absolute atomic E-state index is 12.7. The Kier molecular flexibility index (Phi) is 3.09. The average Bonchev–Trinajstić information content (AvgIpc) is 2.07. The lowest BCUT2D eigenvalue weighted by atomic mass is 10.2. The molecule has 0 spiro atoms. The lowest BCUT2D eigenvalue weighted by Crippen LogP contribution is -2.01. The zero-order chi connectivity index (χ0) is 10.2. The number of rotatable bonds is 1. The van der Waals surface area contributed by atoms with Crippen molar-refractivity contribution in [2.45, 2.75) is 4.18 Å². The van der Waals surface area contributed by atoms with Crippen LogP contribution in [0.2, 0.25) is 0 Å². The maximum atomic E-state index is 12.7. The first-order chi connectivity index (χ1) is 5.95. The van der Waals surface area contributed by atoms with Crippen molar-refractivity contribution >= 4 is 22.6 Å². The number of hydrogen-bond acceptors (Lipinski definition) is 0. The minimum atomic E-state index is -1.99. The average molecular weight is 308 g/mol. The van der Waals surface area contributed by atoms with Crippen molar-refractivity contribution in [1.29, 1.82) is 0 Å². The third-order valence-electron chi connectivity index (χ3n) is 1.37. The minimum Gasteiger partial charge on any atom is -0.231 e. The monoisotopic (exact) mass is 308 g/mol. The molecule has 0 aliphatic carbocycles. The summed E-state index contributed by atoms with van der Waals surface area (Å²) in [7, 11) is 0. The molecule has 13 heavy (non-hydrogen) atoms. The molecule has 1 aromatic carbocycles. The lowest BCUT2D eigenvalue weighted by molar-refractivity contribution is 0.389. The third-order valence-corrected chi connectivity index (χ3v) is 2.04. The van der Waals surface area contributed by atoms with E-state index in [0.717, 1.165) is 22.6 Å². The molecule has 6 heteroatoms. The summed E-state index contributed by atoms with van der Waals surface area (Å²) in [6.45, 7) is 0. The van der Waals surface area contributed by atoms with Crippen molar-refractivity contribution in [2.75, 3.05) is 0 Å². The van der Waals surface area contributed by atoms with Gasteiger partial charge in [-0.2, -0.15) is 0 Å². The molecule has 0 N–H and O–H groups in total. The van der Waals surface area contributed by atoms with E-state index in [9.17, 15) is 22.0 Å². The van der Waals surface area contributed by atoms with E-state index in [4.69, 9.17) is 0 Å². The Balaban J connectivity index is 3.41. The Morgan fingerprint density at radius 3 is 2.00 bits per heavy atom. The molecule has 0 aliphatic rings. The molecule has 0 fully saturated rings. The van der Waals surface area contributed by atoms with Gasteiger partial charge in [-0.15, -0.1) is 0 Å². The predicted octanol–water partition coefficient (Wildman–Crippen LogP) is 3.65. The van der Waals surface area contributed by atoms with Crippen LogP contribution in [0.5, 0.6) is 0 Å². The second-order valence-electron chi connectivity index (χ2n) is 2.19. The van der Waals surface area contributed by atoms with E-state index in [2.05, 4.69) is 0 Å². The molecular formula is C7H2F5I. The van der Waals surface area contributed by atoms with Crippen LogP contribution >= 0.6 is 22.6 Å². The molecule has 0 bridgehead atoms. The molecule has 1 unspecified atom stereocenters. The van der Waals surface area contributed by atoms with Gasteiger partial charge in [0, 0.05) is 5.56 Å². The first-order valence-corrected chi connectivity index (χ1v) is 4.30. The van der Waals surface area contributed by atoms with Crippen LogP contribution < -0.4 is 0 Å². The van der Waals surface area contributed by atoms with Crippen molar-refractivity contribution in [1.82, 2.24) is 0 Å². The molecule has 1 atom stereocenters. The highest BCUT2D eigenvalue weighted by Crippen LogP contribution is 2.30. The number of hydrogen-bond donors (Lipinski definition) is 0. The zero-order valence-electron chi connectivity index (χ0n) is 5.92. The second kappa shape index (κ2) is 3.77. The van der Waals surface area contributed by atoms with E-state index in [1.807, 2.05) is 0 Å². The topological polar surface area (TPSA) is 0 Å². The highest BCUT2D eigenvalue weighted by Gasteiger charge is 2.22. The summed E-state index contributed by atoms with van der Waals surface area (Å²) in [4.78, 5) is 0. The van der Waals surface area contributed by atoms with Gasteiger partial charge in [0.2, 0.25) is 0 Å². The highest BCUT2D eigenvalue weighted by atomic mass is 127. The van der Waals surface area contributed by atoms with Crippen LogP contribution in [0.4, 0.5) is 22.0 Å². The van der Waals surface area contributed by atoms with Crippen molar-refractivity contribution in [3.8, 4) is 0 Å². The van der Waals surface area contributed by atoms with E-state index < -0.39 is 33.0 Å². The molecule has 0 nitrogen and oxygen atoms in total. The molecule has 0 aromatic heterocycles. The second-order valence-corrected chi connectivity index (χ2v) is 3.28. The van der Waals surface area contributed by atoms with Gasteiger partial charge in [-0.25, -0.2) is 22.0 Å². The van der Waals surface area contributed by atoms with E-state index in [-0.39, 0.29) is 0 Å². The van der Waals surface area contributed by atoms with E-state index in [0.29, 0.717) is 6.07 Å². The Hall–Kier alpha value is -0.400. The maximum Gasteiger partial charge on any atom is 0.197 e. The normalized spacial score (nSPS) is 13.1. The molecule has 0 aliphatic heterocycles. The molecule has 0 heterocycles. The fourth-order valence-electron chi connectivity index (χ4n) is 0.750. The van der Waals surface area contributed by atoms with E-state index in [1.165, 1.54) is 0 Å². The molecule has 72 valence electrons. The number of alkyl halides is 2. The number of halogens is 6. The Bertz CT molecular complexity index is 336. The van der Waals surface area contributed by atoms with Crippen molar-refractivity contribution in [3.05, 3.63) is 34.9 Å². The predicted molar refractivity (Wildman–Crippen MR) is 44.1 cm³/mol. The minimum absolute atomic E-state index is 0.296. The summed E-state index contributed by atoms with van der Waals surface area (Å²) >= 11 is 1.12. The van der Waals surface area contributed by atoms with Crippen LogP contribution in [0.3, 0.4) is 0 Å². The van der Waals surface area contributed by atoms with Gasteiger partial charge in [-0.1, -0.05) is 0 Å². The Labute approximate surface area is 83.9 Å². The molecule has 1 aromatic rings. The molecule has 1 rings (SSSR count). The van der Waals surface area contributed by atoms with Crippen molar-refractivity contribution in [3.63, 3.8) is 0 Å². The van der Waals surface area contributed by atoms with Crippen LogP contribution in [-0.2, 0) is 0 Å². The van der Waals surface area contributed by atoms with Gasteiger partial charge in [0.15, 0.2) is 27.4 Å². The SMILES string of the molecule is Fc1cc(C(F)I)c(F)c(F)c1F. The van der Waals surface area contributed by atoms with E-state index in [1.54, 1.807) is 0 Å². The first-order valence-electron chi connectivity index (χ1n) is 3.06. The van der Waals surface area contributed by atoms with Gasteiger partial charge >= 0.3 is 0 Å². The van der Waals surface area contributed by atoms with Crippen LogP contribution in [0.15, 0.2) is 6.07 Å². The fourth-order valence-corrected chi connectivity index (χ4v) is 1.20. The summed E-state index contributed by atoms with van der Waals surface area (Å²) in [5.41, 5.74) is -0.836. The first kappa shape index (κ1) is 10.7. The van der Waals surface area contributed by atoms with Crippen LogP contribution in [0, 0.1) is 23.3 Å². The van der Waals surface area contributed by atoms with Gasteiger partial charge in [0.25, 0.3) is 0 Å². The largest absolute Gasteiger partial charge is 0.231 e. The van der Waals surface area contributed by atoms with Gasteiger partial charge in [-0.05, 0) is 28.7 Å². The third kappa shape index (κ3) is 1.92. The smallest absolute Gasteiger partial charge is 0.197 e. The van der Waals surface area contributed by atoms with Crippen molar-refractivity contribution in [2.24, 2.45) is 0 Å². The van der Waals surface area contributed by atoms with Crippen LogP contribution in [0.25, 0.3) is 0 Å². The zero-order valence-corrected chi connectivity index (χ0v) is 8.08. The Morgan fingerprint density at radius 1 is 1.00 bits per heavy atom. The molecule has 0 saturated carbocycles. The fraction of sp³-hybridized carbons (Fsp3) is 0.143. The lowest BCUT2D eigenvalue weighted by Gasteiger charge is -2.04. The van der Waals surface area contributed by atoms with E-state index >= 15 is 0 Å². The highest BCUT2D eigenvalue weighted by molar-refractivity contribution is 14.1. The summed E-state index contributed by atoms with van der Waals surface area (Å²) < 4.78 is 60.4. The number of benzene rings is 1. The molecule has 0 saturated heterocycles. The standard InChI is InChI=1S/C7H2F5I/c8-3-1-2(7(12)13)4(9)6(11)5(3)10/h1,7H. The summed E-state index contributed by atoms with van der Waals surface area (Å²) in [6, 6.07) is 0.296. The Morgan fingerprint density at radius 2 is 1.54 bits per heavy atom. The van der Waals surface area contributed by atoms with Crippen LogP contribution in [-0.4, -0.2) is 0 Å². The molecule has 0 radical (unpaired) electrons. The summed E-state index contributed by atoms with van der Waals surface area (Å²) in [5, 5.41) is 0. The summed E-state index contributed by atoms with van der Waals surface area (Å²) in [6.07, 6.45) is 0. The van der Waals surface area contributed by atoms with Crippen molar-refractivity contribution < 1.29 is 22.0 Å². The molecular weight excluding hydrogens is 306 g/mol.